The number of benzene rings is 1. The molecule has 1 amide bonds. The van der Waals surface area contributed by atoms with Gasteiger partial charge in [0.1, 0.15) is 10.5 Å². The minimum atomic E-state index is -1.40. The molecule has 1 aliphatic heterocycles. The van der Waals surface area contributed by atoms with Gasteiger partial charge in [-0.3, -0.25) is 4.79 Å². The Morgan fingerprint density at radius 3 is 2.47 bits per heavy atom. The van der Waals surface area contributed by atoms with E-state index in [2.05, 4.69) is 25.8 Å². The van der Waals surface area contributed by atoms with Gasteiger partial charge >= 0.3 is 5.97 Å². The van der Waals surface area contributed by atoms with E-state index in [1.807, 2.05) is 38.3 Å². The first-order valence-corrected chi connectivity index (χ1v) is 12.0. The maximum absolute atomic E-state index is 14.0. The van der Waals surface area contributed by atoms with Crippen molar-refractivity contribution in [3.05, 3.63) is 51.5 Å². The number of nitrogens with zero attached hydrogens (tertiary/aromatic N) is 2. The standard InChI is InChI=1S/C25H34N2O4S/c1-15(2)12-25(23(30)31)13-18(14-28)20(21-26-9-10-32-21)27(25)22(29)17-7-8-19(16(3)11-17)24(4,5)6/h7-11,15,18,20,28H,12-14H2,1-6H3,(H,30,31)/t18-,20-,25+/m1/s1. The van der Waals surface area contributed by atoms with Crippen LogP contribution in [0.15, 0.2) is 29.8 Å². The Morgan fingerprint density at radius 2 is 2.00 bits per heavy atom. The molecule has 1 aromatic carbocycles. The summed E-state index contributed by atoms with van der Waals surface area (Å²) in [5.74, 6) is -1.69. The summed E-state index contributed by atoms with van der Waals surface area (Å²) < 4.78 is 0. The van der Waals surface area contributed by atoms with Crippen molar-refractivity contribution in [2.45, 2.75) is 71.4 Å². The summed E-state index contributed by atoms with van der Waals surface area (Å²) in [4.78, 5) is 32.7. The topological polar surface area (TPSA) is 90.7 Å². The van der Waals surface area contributed by atoms with Crippen molar-refractivity contribution in [1.82, 2.24) is 9.88 Å². The predicted molar refractivity (Wildman–Crippen MR) is 126 cm³/mol. The van der Waals surface area contributed by atoms with Gasteiger partial charge < -0.3 is 15.1 Å². The highest BCUT2D eigenvalue weighted by molar-refractivity contribution is 7.09. The number of hydrogen-bond acceptors (Lipinski definition) is 5. The molecule has 7 heteroatoms. The Hall–Kier alpha value is -2.25. The molecule has 0 radical (unpaired) electrons. The van der Waals surface area contributed by atoms with Crippen LogP contribution < -0.4 is 0 Å². The number of hydrogen-bond donors (Lipinski definition) is 2. The van der Waals surface area contributed by atoms with Gasteiger partial charge in [-0.2, -0.15) is 0 Å². The first-order valence-electron chi connectivity index (χ1n) is 11.1. The number of amides is 1. The molecule has 0 aliphatic carbocycles. The van der Waals surface area contributed by atoms with Crippen molar-refractivity contribution >= 4 is 23.2 Å². The number of carbonyl (C=O) groups is 2. The third-order valence-corrected chi connectivity index (χ3v) is 7.22. The number of aliphatic carboxylic acids is 1. The normalized spacial score (nSPS) is 23.7. The van der Waals surface area contributed by atoms with Crippen LogP contribution in [0.1, 0.15) is 80.0 Å². The van der Waals surface area contributed by atoms with Crippen molar-refractivity contribution in [3.63, 3.8) is 0 Å². The predicted octanol–water partition coefficient (Wildman–Crippen LogP) is 4.81. The minimum absolute atomic E-state index is 0.0563. The van der Waals surface area contributed by atoms with Crippen LogP contribution in [0, 0.1) is 18.8 Å². The summed E-state index contributed by atoms with van der Waals surface area (Å²) in [6, 6.07) is 5.04. The fourth-order valence-corrected chi connectivity index (χ4v) is 6.03. The van der Waals surface area contributed by atoms with E-state index in [0.29, 0.717) is 17.0 Å². The van der Waals surface area contributed by atoms with Gasteiger partial charge in [0.25, 0.3) is 5.91 Å². The molecule has 2 N–H and O–H groups in total. The van der Waals surface area contributed by atoms with E-state index in [0.717, 1.165) is 11.1 Å². The number of aliphatic hydroxyl groups is 1. The van der Waals surface area contributed by atoms with Gasteiger partial charge in [-0.25, -0.2) is 9.78 Å². The summed E-state index contributed by atoms with van der Waals surface area (Å²) in [6.45, 7) is 12.1. The number of carboxylic acid groups (broad SMARTS) is 1. The highest BCUT2D eigenvalue weighted by Crippen LogP contribution is 2.50. The van der Waals surface area contributed by atoms with Gasteiger partial charge in [-0.15, -0.1) is 11.3 Å². The van der Waals surface area contributed by atoms with Crippen LogP contribution in [0.3, 0.4) is 0 Å². The molecular formula is C25H34N2O4S. The van der Waals surface area contributed by atoms with Gasteiger partial charge in [0.05, 0.1) is 6.04 Å². The molecule has 1 fully saturated rings. The van der Waals surface area contributed by atoms with Gasteiger partial charge in [-0.1, -0.05) is 40.7 Å². The van der Waals surface area contributed by atoms with Crippen LogP contribution >= 0.6 is 11.3 Å². The average Bonchev–Trinajstić information content (AvgIpc) is 3.32. The fraction of sp³-hybridized carbons (Fsp3) is 0.560. The number of rotatable bonds is 6. The molecule has 1 aromatic heterocycles. The number of thiazole rings is 1. The van der Waals surface area contributed by atoms with E-state index in [-0.39, 0.29) is 30.3 Å². The van der Waals surface area contributed by atoms with E-state index >= 15 is 0 Å². The lowest BCUT2D eigenvalue weighted by Crippen LogP contribution is -2.54. The van der Waals surface area contributed by atoms with Gasteiger partial charge in [0, 0.05) is 29.7 Å². The summed E-state index contributed by atoms with van der Waals surface area (Å²) in [5, 5.41) is 23.1. The zero-order chi connectivity index (χ0) is 23.8. The smallest absolute Gasteiger partial charge is 0.329 e. The SMILES string of the molecule is Cc1cc(C(=O)N2[C@@H](c3nccs3)[C@@H](CO)C[C@@]2(CC(C)C)C(=O)O)ccc1C(C)(C)C. The summed E-state index contributed by atoms with van der Waals surface area (Å²) in [5.41, 5.74) is 1.15. The lowest BCUT2D eigenvalue weighted by Gasteiger charge is -2.39. The van der Waals surface area contributed by atoms with Crippen LogP contribution in [-0.4, -0.2) is 44.1 Å². The molecule has 0 bridgehead atoms. The number of carbonyl (C=O) groups excluding carboxylic acids is 1. The van der Waals surface area contributed by atoms with Crippen LogP contribution in [0.25, 0.3) is 0 Å². The highest BCUT2D eigenvalue weighted by atomic mass is 32.1. The molecule has 174 valence electrons. The average molecular weight is 459 g/mol. The van der Waals surface area contributed by atoms with Crippen molar-refractivity contribution in [2.24, 2.45) is 11.8 Å². The first kappa shape index (κ1) is 24.4. The molecule has 32 heavy (non-hydrogen) atoms. The molecule has 2 aromatic rings. The number of carboxylic acids is 1. The lowest BCUT2D eigenvalue weighted by molar-refractivity contribution is -0.150. The zero-order valence-electron chi connectivity index (χ0n) is 19.8. The Kier molecular flexibility index (Phi) is 6.82. The van der Waals surface area contributed by atoms with Gasteiger partial charge in [0.15, 0.2) is 0 Å². The van der Waals surface area contributed by atoms with Crippen LogP contribution in [0.4, 0.5) is 0 Å². The van der Waals surface area contributed by atoms with E-state index in [1.165, 1.54) is 16.2 Å². The van der Waals surface area contributed by atoms with Gasteiger partial charge in [0.2, 0.25) is 0 Å². The number of aromatic nitrogens is 1. The van der Waals surface area contributed by atoms with Crippen LogP contribution in [0.5, 0.6) is 0 Å². The molecule has 1 saturated heterocycles. The minimum Gasteiger partial charge on any atom is -0.479 e. The maximum atomic E-state index is 14.0. The third-order valence-electron chi connectivity index (χ3n) is 6.37. The molecule has 2 heterocycles. The van der Waals surface area contributed by atoms with E-state index < -0.39 is 23.5 Å². The van der Waals surface area contributed by atoms with Crippen LogP contribution in [0.2, 0.25) is 0 Å². The van der Waals surface area contributed by atoms with Crippen molar-refractivity contribution < 1.29 is 19.8 Å². The highest BCUT2D eigenvalue weighted by Gasteiger charge is 2.59. The number of aliphatic hydroxyl groups excluding tert-OH is 1. The van der Waals surface area contributed by atoms with Crippen molar-refractivity contribution in [3.8, 4) is 0 Å². The first-order chi connectivity index (χ1) is 14.9. The summed E-state index contributed by atoms with van der Waals surface area (Å²) in [6.07, 6.45) is 2.17. The largest absolute Gasteiger partial charge is 0.479 e. The maximum Gasteiger partial charge on any atom is 0.329 e. The Bertz CT molecular complexity index is 980. The second kappa shape index (κ2) is 8.94. The molecule has 1 aliphatic rings. The Balaban J connectivity index is 2.17. The van der Waals surface area contributed by atoms with Crippen molar-refractivity contribution in [2.75, 3.05) is 6.61 Å². The molecule has 3 rings (SSSR count). The second-order valence-corrected chi connectivity index (χ2v) is 11.3. The van der Waals surface area contributed by atoms with Gasteiger partial charge in [-0.05, 0) is 54.4 Å². The van der Waals surface area contributed by atoms with Crippen LogP contribution in [-0.2, 0) is 10.2 Å². The van der Waals surface area contributed by atoms with Crippen molar-refractivity contribution in [1.29, 1.82) is 0 Å². The number of likely N-dealkylation sites (tertiary alicyclic amines) is 1. The Morgan fingerprint density at radius 1 is 1.31 bits per heavy atom. The molecule has 0 unspecified atom stereocenters. The summed E-state index contributed by atoms with van der Waals surface area (Å²) >= 11 is 1.39. The summed E-state index contributed by atoms with van der Waals surface area (Å²) in [7, 11) is 0. The monoisotopic (exact) mass is 458 g/mol. The fourth-order valence-electron chi connectivity index (χ4n) is 5.21. The molecule has 0 spiro atoms. The third kappa shape index (κ3) is 4.33. The molecule has 0 saturated carbocycles. The molecule has 3 atom stereocenters. The lowest BCUT2D eigenvalue weighted by atomic mass is 9.82. The zero-order valence-corrected chi connectivity index (χ0v) is 20.6. The van der Waals surface area contributed by atoms with E-state index in [9.17, 15) is 19.8 Å². The number of aryl methyl sites for hydroxylation is 1. The second-order valence-electron chi connectivity index (χ2n) is 10.4. The molecular weight excluding hydrogens is 424 g/mol. The molecule has 6 nitrogen and oxygen atoms in total. The Labute approximate surface area is 194 Å². The van der Waals surface area contributed by atoms with E-state index in [4.69, 9.17) is 0 Å². The quantitative estimate of drug-likeness (QED) is 0.648. The van der Waals surface area contributed by atoms with E-state index in [1.54, 1.807) is 12.3 Å².